The van der Waals surface area contributed by atoms with Gasteiger partial charge in [-0.2, -0.15) is 5.10 Å². The van der Waals surface area contributed by atoms with Crippen molar-refractivity contribution in [3.8, 4) is 5.75 Å². The number of nitro groups is 2. The van der Waals surface area contributed by atoms with Crippen molar-refractivity contribution in [1.29, 1.82) is 0 Å². The number of amides is 2. The van der Waals surface area contributed by atoms with E-state index < -0.39 is 39.1 Å². The van der Waals surface area contributed by atoms with Gasteiger partial charge in [-0.3, -0.25) is 29.8 Å². The molecule has 0 heterocycles. The van der Waals surface area contributed by atoms with E-state index in [1.54, 1.807) is 0 Å². The molecule has 2 amide bonds. The van der Waals surface area contributed by atoms with Crippen molar-refractivity contribution < 1.29 is 24.2 Å². The SMILES string of the molecule is CCCOc1ccc2ccccc2c1/C=N\NC(=O)[C@@H](CC(C)C)NC(=O)c1cc([N+](=O)[O-])cc([N+](=O)[O-])c1. The molecule has 12 heteroatoms. The molecule has 3 aromatic rings. The third kappa shape index (κ3) is 7.57. The summed E-state index contributed by atoms with van der Waals surface area (Å²) in [4.78, 5) is 46.6. The Hall–Kier alpha value is -4.87. The van der Waals surface area contributed by atoms with Gasteiger partial charge in [0.05, 0.1) is 34.3 Å². The number of carbonyl (C=O) groups is 2. The number of ether oxygens (including phenoxy) is 1. The molecule has 12 nitrogen and oxygen atoms in total. The van der Waals surface area contributed by atoms with Crippen molar-refractivity contribution in [3.63, 3.8) is 0 Å². The maximum Gasteiger partial charge on any atom is 0.277 e. The fourth-order valence-corrected chi connectivity index (χ4v) is 3.87. The van der Waals surface area contributed by atoms with Crippen LogP contribution in [0.5, 0.6) is 5.75 Å². The van der Waals surface area contributed by atoms with E-state index in [1.165, 1.54) is 6.21 Å². The first-order valence-electron chi connectivity index (χ1n) is 12.3. The van der Waals surface area contributed by atoms with Gasteiger partial charge in [-0.25, -0.2) is 5.43 Å². The van der Waals surface area contributed by atoms with E-state index in [2.05, 4.69) is 15.8 Å². The number of nitro benzene ring substituents is 2. The molecule has 2 N–H and O–H groups in total. The summed E-state index contributed by atoms with van der Waals surface area (Å²) in [5.41, 5.74) is 1.59. The van der Waals surface area contributed by atoms with Crippen LogP contribution in [0, 0.1) is 26.1 Å². The fourth-order valence-electron chi connectivity index (χ4n) is 3.87. The van der Waals surface area contributed by atoms with Crippen LogP contribution in [-0.4, -0.2) is 40.5 Å². The normalized spacial score (nSPS) is 11.9. The predicted molar refractivity (Wildman–Crippen MR) is 146 cm³/mol. The summed E-state index contributed by atoms with van der Waals surface area (Å²) in [6.45, 7) is 6.19. The lowest BCUT2D eigenvalue weighted by Crippen LogP contribution is -2.46. The van der Waals surface area contributed by atoms with Gasteiger partial charge in [-0.05, 0) is 35.6 Å². The zero-order valence-corrected chi connectivity index (χ0v) is 21.7. The lowest BCUT2D eigenvalue weighted by Gasteiger charge is -2.19. The first-order chi connectivity index (χ1) is 18.6. The summed E-state index contributed by atoms with van der Waals surface area (Å²) in [5.74, 6) is -0.898. The molecular weight excluding hydrogens is 506 g/mol. The highest BCUT2D eigenvalue weighted by Crippen LogP contribution is 2.27. The Morgan fingerprint density at radius 3 is 2.31 bits per heavy atom. The maximum absolute atomic E-state index is 13.0. The molecule has 0 saturated carbocycles. The zero-order valence-electron chi connectivity index (χ0n) is 21.7. The molecule has 0 aliphatic heterocycles. The zero-order chi connectivity index (χ0) is 28.5. The number of hydrogen-bond acceptors (Lipinski definition) is 8. The second kappa shape index (κ2) is 13.1. The van der Waals surface area contributed by atoms with E-state index in [1.807, 2.05) is 57.2 Å². The maximum atomic E-state index is 13.0. The first kappa shape index (κ1) is 28.7. The lowest BCUT2D eigenvalue weighted by atomic mass is 10.0. The van der Waals surface area contributed by atoms with Crippen LogP contribution < -0.4 is 15.5 Å². The van der Waals surface area contributed by atoms with Gasteiger partial charge >= 0.3 is 0 Å². The number of nitrogens with one attached hydrogen (secondary N) is 2. The highest BCUT2D eigenvalue weighted by Gasteiger charge is 2.25. The number of hydrogen-bond donors (Lipinski definition) is 2. The Kier molecular flexibility index (Phi) is 9.63. The number of rotatable bonds is 12. The molecule has 1 atom stereocenters. The van der Waals surface area contributed by atoms with Crippen LogP contribution in [0.2, 0.25) is 0 Å². The predicted octanol–water partition coefficient (Wildman–Crippen LogP) is 4.74. The van der Waals surface area contributed by atoms with Gasteiger partial charge in [0.25, 0.3) is 23.2 Å². The number of nitrogens with zero attached hydrogens (tertiary/aromatic N) is 3. The van der Waals surface area contributed by atoms with Gasteiger partial charge in [-0.1, -0.05) is 51.1 Å². The van der Waals surface area contributed by atoms with E-state index in [4.69, 9.17) is 4.74 Å². The molecular formula is C27H29N5O7. The van der Waals surface area contributed by atoms with Crippen LogP contribution in [0.25, 0.3) is 10.8 Å². The van der Waals surface area contributed by atoms with Gasteiger partial charge in [0.1, 0.15) is 11.8 Å². The average molecular weight is 536 g/mol. The monoisotopic (exact) mass is 535 g/mol. The Labute approximate surface area is 224 Å². The summed E-state index contributed by atoms with van der Waals surface area (Å²) in [5, 5.41) is 30.8. The van der Waals surface area contributed by atoms with Gasteiger partial charge in [0, 0.05) is 17.7 Å². The van der Waals surface area contributed by atoms with E-state index in [-0.39, 0.29) is 17.9 Å². The molecule has 0 aliphatic carbocycles. The minimum atomic E-state index is -1.06. The van der Waals surface area contributed by atoms with Crippen molar-refractivity contribution in [2.24, 2.45) is 11.0 Å². The van der Waals surface area contributed by atoms with Gasteiger partial charge in [-0.15, -0.1) is 0 Å². The van der Waals surface area contributed by atoms with Crippen LogP contribution in [0.15, 0.2) is 59.7 Å². The Morgan fingerprint density at radius 1 is 1.03 bits per heavy atom. The molecule has 0 saturated heterocycles. The average Bonchev–Trinajstić information content (AvgIpc) is 2.91. The van der Waals surface area contributed by atoms with Crippen LogP contribution in [0.1, 0.15) is 49.5 Å². The molecule has 0 fully saturated rings. The Bertz CT molecular complexity index is 1390. The topological polar surface area (TPSA) is 166 Å². The van der Waals surface area contributed by atoms with Crippen molar-refractivity contribution in [2.45, 2.75) is 39.7 Å². The van der Waals surface area contributed by atoms with Crippen LogP contribution in [0.3, 0.4) is 0 Å². The lowest BCUT2D eigenvalue weighted by molar-refractivity contribution is -0.394. The highest BCUT2D eigenvalue weighted by atomic mass is 16.6. The minimum absolute atomic E-state index is 0.0170. The molecule has 0 bridgehead atoms. The van der Waals surface area contributed by atoms with Gasteiger partial charge < -0.3 is 10.1 Å². The Morgan fingerprint density at radius 2 is 1.69 bits per heavy atom. The van der Waals surface area contributed by atoms with E-state index in [0.29, 0.717) is 17.9 Å². The quantitative estimate of drug-likeness (QED) is 0.192. The third-order valence-corrected chi connectivity index (χ3v) is 5.68. The van der Waals surface area contributed by atoms with Crippen molar-refractivity contribution >= 4 is 40.2 Å². The van der Waals surface area contributed by atoms with Crippen molar-refractivity contribution in [2.75, 3.05) is 6.61 Å². The summed E-state index contributed by atoms with van der Waals surface area (Å²) >= 11 is 0. The van der Waals surface area contributed by atoms with Gasteiger partial charge in [0.15, 0.2) is 0 Å². The number of hydrazone groups is 1. The first-order valence-corrected chi connectivity index (χ1v) is 12.3. The second-order valence-corrected chi connectivity index (χ2v) is 9.19. The minimum Gasteiger partial charge on any atom is -0.493 e. The summed E-state index contributed by atoms with van der Waals surface area (Å²) in [6.07, 6.45) is 2.51. The van der Waals surface area contributed by atoms with E-state index in [9.17, 15) is 29.8 Å². The van der Waals surface area contributed by atoms with E-state index >= 15 is 0 Å². The molecule has 0 radical (unpaired) electrons. The molecule has 204 valence electrons. The molecule has 0 unspecified atom stereocenters. The van der Waals surface area contributed by atoms with Crippen molar-refractivity contribution in [1.82, 2.24) is 10.7 Å². The van der Waals surface area contributed by atoms with Crippen LogP contribution in [0.4, 0.5) is 11.4 Å². The molecule has 0 aromatic heterocycles. The second-order valence-electron chi connectivity index (χ2n) is 9.19. The molecule has 39 heavy (non-hydrogen) atoms. The molecule has 3 aromatic carbocycles. The highest BCUT2D eigenvalue weighted by molar-refractivity contribution is 6.03. The number of non-ortho nitro benzene ring substituents is 2. The fraction of sp³-hybridized carbons (Fsp3) is 0.296. The van der Waals surface area contributed by atoms with Crippen LogP contribution >= 0.6 is 0 Å². The van der Waals surface area contributed by atoms with Crippen LogP contribution in [-0.2, 0) is 4.79 Å². The molecule has 0 aliphatic rings. The van der Waals surface area contributed by atoms with Crippen molar-refractivity contribution in [3.05, 3.63) is 86.0 Å². The largest absolute Gasteiger partial charge is 0.493 e. The summed E-state index contributed by atoms with van der Waals surface area (Å²) < 4.78 is 5.85. The number of carbonyl (C=O) groups excluding carboxylic acids is 2. The standard InChI is InChI=1S/C27H29N5O7/c1-4-11-39-25-10-9-18-7-5-6-8-22(18)23(25)16-28-30-27(34)24(12-17(2)3)29-26(33)19-13-20(31(35)36)15-21(14-19)32(37)38/h5-10,13-17,24H,4,11-12H2,1-3H3,(H,29,33)(H,30,34)/b28-16-/t24-/m1/s1. The van der Waals surface area contributed by atoms with E-state index in [0.717, 1.165) is 35.4 Å². The van der Waals surface area contributed by atoms with Gasteiger partial charge in [0.2, 0.25) is 0 Å². The summed E-state index contributed by atoms with van der Waals surface area (Å²) in [6, 6.07) is 13.0. The molecule has 3 rings (SSSR count). The molecule has 0 spiro atoms. The summed E-state index contributed by atoms with van der Waals surface area (Å²) in [7, 11) is 0. The number of benzene rings is 3. The third-order valence-electron chi connectivity index (χ3n) is 5.68. The Balaban J connectivity index is 1.83. The smallest absolute Gasteiger partial charge is 0.277 e. The number of fused-ring (bicyclic) bond motifs is 1.